The van der Waals surface area contributed by atoms with Crippen molar-refractivity contribution in [1.29, 1.82) is 0 Å². The first kappa shape index (κ1) is 23.9. The molecule has 1 aromatic carbocycles. The van der Waals surface area contributed by atoms with Crippen molar-refractivity contribution in [1.82, 2.24) is 14.9 Å². The van der Waals surface area contributed by atoms with Gasteiger partial charge in [0.05, 0.1) is 13.3 Å². The molecule has 1 atom stereocenters. The Hall–Kier alpha value is -2.87. The molecule has 5 rings (SSSR count). The van der Waals surface area contributed by atoms with Gasteiger partial charge >= 0.3 is 0 Å². The number of nitrogens with zero attached hydrogens (tertiary/aromatic N) is 6. The number of benzene rings is 1. The van der Waals surface area contributed by atoms with Crippen LogP contribution < -0.4 is 19.4 Å². The van der Waals surface area contributed by atoms with Gasteiger partial charge in [0.2, 0.25) is 5.91 Å². The Morgan fingerprint density at radius 2 is 1.83 bits per heavy atom. The zero-order chi connectivity index (χ0) is 24.5. The Morgan fingerprint density at radius 3 is 2.54 bits per heavy atom. The molecule has 1 aromatic heterocycles. The van der Waals surface area contributed by atoms with E-state index in [4.69, 9.17) is 14.7 Å². The highest BCUT2D eigenvalue weighted by molar-refractivity contribution is 5.97. The Bertz CT molecular complexity index is 1060. The first-order valence-electron chi connectivity index (χ1n) is 13.0. The number of amides is 1. The summed E-state index contributed by atoms with van der Waals surface area (Å²) in [6.07, 6.45) is 7.71. The van der Waals surface area contributed by atoms with E-state index in [9.17, 15) is 4.79 Å². The summed E-state index contributed by atoms with van der Waals surface area (Å²) in [6, 6.07) is 7.03. The van der Waals surface area contributed by atoms with Crippen LogP contribution in [-0.4, -0.2) is 80.2 Å². The molecule has 0 spiro atoms. The molecule has 2 fully saturated rings. The summed E-state index contributed by atoms with van der Waals surface area (Å²) in [5.41, 5.74) is 3.08. The Labute approximate surface area is 208 Å². The third kappa shape index (κ3) is 4.81. The van der Waals surface area contributed by atoms with Crippen molar-refractivity contribution in [3.63, 3.8) is 0 Å². The van der Waals surface area contributed by atoms with Crippen LogP contribution in [0.4, 0.5) is 17.2 Å². The lowest BCUT2D eigenvalue weighted by Crippen LogP contribution is -2.44. The summed E-state index contributed by atoms with van der Waals surface area (Å²) < 4.78 is 5.80. The van der Waals surface area contributed by atoms with Crippen molar-refractivity contribution in [3.8, 4) is 5.75 Å². The molecular formula is C27H38N6O2. The van der Waals surface area contributed by atoms with Gasteiger partial charge < -0.3 is 24.3 Å². The minimum absolute atomic E-state index is 0.120. The number of hydrogen-bond donors (Lipinski definition) is 0. The molecule has 3 heterocycles. The van der Waals surface area contributed by atoms with Gasteiger partial charge in [-0.3, -0.25) is 4.79 Å². The van der Waals surface area contributed by atoms with Gasteiger partial charge in [-0.15, -0.1) is 0 Å². The number of likely N-dealkylation sites (N-methyl/N-ethyl adjacent to an activating group) is 1. The molecule has 2 aromatic rings. The molecule has 1 amide bonds. The smallest absolute Gasteiger partial charge is 0.228 e. The number of fused-ring (bicyclic) bond motifs is 1. The maximum absolute atomic E-state index is 12.8. The third-order valence-corrected chi connectivity index (χ3v) is 7.93. The second kappa shape index (κ2) is 10.0. The molecule has 35 heavy (non-hydrogen) atoms. The minimum Gasteiger partial charge on any atom is -0.496 e. The summed E-state index contributed by atoms with van der Waals surface area (Å²) in [6.45, 7) is 6.34. The standard InChI is InChI=1S/C27H38N6O2/c1-19-15-26(34)31(3)23-18-28-25(29-27(23)33(19)21-7-5-6-8-21)16-20-9-10-22(17-24(20)35-4)32-13-11-30(2)12-14-32/h9-10,17-19,21H,5-8,11-16H2,1-4H3. The lowest BCUT2D eigenvalue weighted by Gasteiger charge is -2.35. The zero-order valence-corrected chi connectivity index (χ0v) is 21.5. The molecule has 1 saturated carbocycles. The van der Waals surface area contributed by atoms with Crippen molar-refractivity contribution in [2.24, 2.45) is 0 Å². The first-order chi connectivity index (χ1) is 16.9. The molecule has 1 aliphatic carbocycles. The van der Waals surface area contributed by atoms with Crippen LogP contribution in [-0.2, 0) is 11.2 Å². The SMILES string of the molecule is COc1cc(N2CCN(C)CC2)ccc1Cc1ncc2c(n1)N(C1CCCC1)C(C)CC(=O)N2C. The van der Waals surface area contributed by atoms with Crippen molar-refractivity contribution >= 4 is 23.1 Å². The van der Waals surface area contributed by atoms with Crippen molar-refractivity contribution < 1.29 is 9.53 Å². The maximum Gasteiger partial charge on any atom is 0.228 e. The van der Waals surface area contributed by atoms with E-state index >= 15 is 0 Å². The fourth-order valence-corrected chi connectivity index (χ4v) is 5.77. The van der Waals surface area contributed by atoms with E-state index < -0.39 is 0 Å². The lowest BCUT2D eigenvalue weighted by atomic mass is 10.1. The molecular weight excluding hydrogens is 440 g/mol. The van der Waals surface area contributed by atoms with Crippen LogP contribution in [0, 0.1) is 0 Å². The summed E-state index contributed by atoms with van der Waals surface area (Å²) in [5, 5.41) is 0. The van der Waals surface area contributed by atoms with Gasteiger partial charge in [-0.2, -0.15) is 0 Å². The van der Waals surface area contributed by atoms with E-state index in [2.05, 4.69) is 46.9 Å². The van der Waals surface area contributed by atoms with Gasteiger partial charge in [-0.25, -0.2) is 9.97 Å². The molecule has 188 valence electrons. The largest absolute Gasteiger partial charge is 0.496 e. The quantitative estimate of drug-likeness (QED) is 0.653. The Morgan fingerprint density at radius 1 is 1.09 bits per heavy atom. The topological polar surface area (TPSA) is 65.0 Å². The van der Waals surface area contributed by atoms with Gasteiger partial charge in [-0.05, 0) is 32.9 Å². The number of piperazine rings is 1. The average Bonchev–Trinajstić information content (AvgIpc) is 3.36. The Balaban J connectivity index is 1.44. The van der Waals surface area contributed by atoms with Crippen LogP contribution in [0.5, 0.6) is 5.75 Å². The van der Waals surface area contributed by atoms with Gasteiger partial charge in [0, 0.05) is 75.5 Å². The van der Waals surface area contributed by atoms with Gasteiger partial charge in [0.25, 0.3) is 0 Å². The molecule has 8 nitrogen and oxygen atoms in total. The number of rotatable bonds is 5. The summed E-state index contributed by atoms with van der Waals surface area (Å²) in [4.78, 5) is 31.5. The highest BCUT2D eigenvalue weighted by atomic mass is 16.5. The normalized spacial score (nSPS) is 21.9. The van der Waals surface area contributed by atoms with Crippen molar-refractivity contribution in [2.45, 2.75) is 57.5 Å². The molecule has 8 heteroatoms. The van der Waals surface area contributed by atoms with E-state index in [1.165, 1.54) is 18.5 Å². The predicted octanol–water partition coefficient (Wildman–Crippen LogP) is 3.33. The second-order valence-corrected chi connectivity index (χ2v) is 10.3. The monoisotopic (exact) mass is 478 g/mol. The molecule has 0 N–H and O–H groups in total. The average molecular weight is 479 g/mol. The number of aromatic nitrogens is 2. The van der Waals surface area contributed by atoms with Crippen LogP contribution in [0.25, 0.3) is 0 Å². The van der Waals surface area contributed by atoms with E-state index in [-0.39, 0.29) is 11.9 Å². The summed E-state index contributed by atoms with van der Waals surface area (Å²) in [5.74, 6) is 2.65. The van der Waals surface area contributed by atoms with Crippen LogP contribution in [0.2, 0.25) is 0 Å². The molecule has 2 aliphatic heterocycles. The highest BCUT2D eigenvalue weighted by Crippen LogP contribution is 2.38. The summed E-state index contributed by atoms with van der Waals surface area (Å²) in [7, 11) is 5.74. The van der Waals surface area contributed by atoms with Crippen LogP contribution in [0.15, 0.2) is 24.4 Å². The maximum atomic E-state index is 12.8. The number of anilines is 3. The molecule has 1 unspecified atom stereocenters. The minimum atomic E-state index is 0.120. The third-order valence-electron chi connectivity index (χ3n) is 7.93. The fourth-order valence-electron chi connectivity index (χ4n) is 5.77. The molecule has 3 aliphatic rings. The number of carbonyl (C=O) groups excluding carboxylic acids is 1. The van der Waals surface area contributed by atoms with E-state index in [0.717, 1.165) is 67.7 Å². The highest BCUT2D eigenvalue weighted by Gasteiger charge is 2.35. The van der Waals surface area contributed by atoms with E-state index in [1.54, 1.807) is 12.0 Å². The van der Waals surface area contributed by atoms with E-state index in [1.807, 2.05) is 13.2 Å². The van der Waals surface area contributed by atoms with Crippen molar-refractivity contribution in [2.75, 3.05) is 62.1 Å². The van der Waals surface area contributed by atoms with Gasteiger partial charge in [0.1, 0.15) is 17.3 Å². The molecule has 1 saturated heterocycles. The number of hydrogen-bond acceptors (Lipinski definition) is 7. The second-order valence-electron chi connectivity index (χ2n) is 10.3. The molecule has 0 radical (unpaired) electrons. The van der Waals surface area contributed by atoms with Crippen LogP contribution in [0.3, 0.4) is 0 Å². The number of carbonyl (C=O) groups is 1. The first-order valence-corrected chi connectivity index (χ1v) is 13.0. The van der Waals surface area contributed by atoms with Gasteiger partial charge in [-0.1, -0.05) is 18.9 Å². The summed E-state index contributed by atoms with van der Waals surface area (Å²) >= 11 is 0. The van der Waals surface area contributed by atoms with Gasteiger partial charge in [0.15, 0.2) is 5.82 Å². The lowest BCUT2D eigenvalue weighted by molar-refractivity contribution is -0.118. The Kier molecular flexibility index (Phi) is 6.82. The number of ether oxygens (including phenoxy) is 1. The fraction of sp³-hybridized carbons (Fsp3) is 0.593. The van der Waals surface area contributed by atoms with Crippen LogP contribution >= 0.6 is 0 Å². The van der Waals surface area contributed by atoms with E-state index in [0.29, 0.717) is 18.9 Å². The zero-order valence-electron chi connectivity index (χ0n) is 21.5. The number of methoxy groups -OCH3 is 1. The predicted molar refractivity (Wildman–Crippen MR) is 140 cm³/mol. The molecule has 0 bridgehead atoms. The van der Waals surface area contributed by atoms with Crippen LogP contribution in [0.1, 0.15) is 50.4 Å². The van der Waals surface area contributed by atoms with Crippen molar-refractivity contribution in [3.05, 3.63) is 35.8 Å².